The number of hydrogen-bond donors (Lipinski definition) is 1. The van der Waals surface area contributed by atoms with E-state index in [1.165, 1.54) is 0 Å². The maximum Gasteiger partial charge on any atom is 0.240 e. The Balaban J connectivity index is 1.70. The zero-order valence-electron chi connectivity index (χ0n) is 14.5. The molecule has 3 rings (SSSR count). The van der Waals surface area contributed by atoms with Gasteiger partial charge in [0.05, 0.1) is 17.7 Å². The van der Waals surface area contributed by atoms with Crippen molar-refractivity contribution in [3.63, 3.8) is 0 Å². The first-order valence-corrected chi connectivity index (χ1v) is 9.46. The molecule has 0 aliphatic heterocycles. The lowest BCUT2D eigenvalue weighted by Crippen LogP contribution is -2.26. The van der Waals surface area contributed by atoms with Gasteiger partial charge in [0, 0.05) is 25.4 Å². The van der Waals surface area contributed by atoms with Gasteiger partial charge in [-0.05, 0) is 49.2 Å². The van der Waals surface area contributed by atoms with Gasteiger partial charge in [-0.2, -0.15) is 0 Å². The molecule has 0 unspecified atom stereocenters. The number of nitrogens with one attached hydrogen (secondary N) is 1. The van der Waals surface area contributed by atoms with Crippen molar-refractivity contribution in [2.24, 2.45) is 0 Å². The topological polar surface area (TPSA) is 72.7 Å². The average Bonchev–Trinajstić information content (AvgIpc) is 2.99. The predicted octanol–water partition coefficient (Wildman–Crippen LogP) is 2.48. The van der Waals surface area contributed by atoms with E-state index in [-0.39, 0.29) is 11.4 Å². The average molecular weight is 359 g/mol. The van der Waals surface area contributed by atoms with Gasteiger partial charge in [0.1, 0.15) is 0 Å². The summed E-state index contributed by atoms with van der Waals surface area (Å²) in [4.78, 5) is 4.79. The molecule has 0 aliphatic rings. The fraction of sp³-hybridized carbons (Fsp3) is 0.278. The van der Waals surface area contributed by atoms with Gasteiger partial charge in [-0.1, -0.05) is 6.07 Å². The lowest BCUT2D eigenvalue weighted by molar-refractivity contribution is 0.417. The van der Waals surface area contributed by atoms with Crippen molar-refractivity contribution in [1.29, 1.82) is 0 Å². The Morgan fingerprint density at radius 1 is 1.20 bits per heavy atom. The van der Waals surface area contributed by atoms with Crippen LogP contribution < -0.4 is 9.46 Å². The van der Waals surface area contributed by atoms with Crippen LogP contribution in [0.1, 0.15) is 16.8 Å². The van der Waals surface area contributed by atoms with Crippen LogP contribution in [0.2, 0.25) is 0 Å². The predicted molar refractivity (Wildman–Crippen MR) is 96.6 cm³/mol. The smallest absolute Gasteiger partial charge is 0.240 e. The van der Waals surface area contributed by atoms with E-state index in [9.17, 15) is 8.42 Å². The summed E-state index contributed by atoms with van der Waals surface area (Å²) < 4.78 is 34.6. The van der Waals surface area contributed by atoms with Crippen LogP contribution in [0, 0.1) is 13.8 Å². The number of nitrogens with zero attached hydrogens (tertiary/aromatic N) is 2. The number of aromatic nitrogens is 2. The molecule has 132 valence electrons. The van der Waals surface area contributed by atoms with Gasteiger partial charge in [-0.3, -0.25) is 0 Å². The molecule has 2 aromatic heterocycles. The lowest BCUT2D eigenvalue weighted by atomic mass is 10.1. The van der Waals surface area contributed by atoms with Gasteiger partial charge in [-0.15, -0.1) is 0 Å². The minimum atomic E-state index is -3.52. The molecule has 0 saturated carbocycles. The molecule has 1 N–H and O–H groups in total. The van der Waals surface area contributed by atoms with E-state index in [2.05, 4.69) is 9.71 Å². The molecule has 0 radical (unpaired) electrons. The number of ether oxygens (including phenoxy) is 1. The number of fused-ring (bicyclic) bond motifs is 1. The van der Waals surface area contributed by atoms with Crippen molar-refractivity contribution in [1.82, 2.24) is 14.1 Å². The molecule has 0 spiro atoms. The van der Waals surface area contributed by atoms with Crippen LogP contribution in [-0.2, 0) is 16.4 Å². The number of rotatable bonds is 6. The number of imidazole rings is 1. The molecule has 6 nitrogen and oxygen atoms in total. The van der Waals surface area contributed by atoms with Crippen molar-refractivity contribution in [2.45, 2.75) is 25.2 Å². The molecule has 0 amide bonds. The van der Waals surface area contributed by atoms with Gasteiger partial charge < -0.3 is 9.14 Å². The normalized spacial score (nSPS) is 11.8. The van der Waals surface area contributed by atoms with Gasteiger partial charge in [0.2, 0.25) is 10.0 Å². The first-order chi connectivity index (χ1) is 11.9. The Labute approximate surface area is 147 Å². The minimum absolute atomic E-state index is 0.279. The van der Waals surface area contributed by atoms with Crippen LogP contribution in [-0.4, -0.2) is 31.5 Å². The standard InChI is InChI=1S/C18H21N3O3S/c1-13-6-7-16(11-14(13)2)25(22,23)19-9-8-15-12-21-10-4-5-17(24-3)18(21)20-15/h4-7,10-12,19H,8-9H2,1-3H3. The number of methoxy groups -OCH3 is 1. The number of benzene rings is 1. The van der Waals surface area contributed by atoms with Gasteiger partial charge in [0.25, 0.3) is 0 Å². The third-order valence-corrected chi connectivity index (χ3v) is 5.64. The van der Waals surface area contributed by atoms with Crippen LogP contribution >= 0.6 is 0 Å². The first-order valence-electron chi connectivity index (χ1n) is 7.98. The highest BCUT2D eigenvalue weighted by Gasteiger charge is 2.14. The van der Waals surface area contributed by atoms with E-state index in [1.807, 2.05) is 48.8 Å². The molecule has 1 aromatic carbocycles. The molecule has 0 aliphatic carbocycles. The summed E-state index contributed by atoms with van der Waals surface area (Å²) >= 11 is 0. The van der Waals surface area contributed by atoms with Gasteiger partial charge >= 0.3 is 0 Å². The van der Waals surface area contributed by atoms with Crippen LogP contribution in [0.15, 0.2) is 47.6 Å². The molecule has 0 saturated heterocycles. The molecule has 7 heteroatoms. The Morgan fingerprint density at radius 3 is 2.72 bits per heavy atom. The van der Waals surface area contributed by atoms with Crippen molar-refractivity contribution < 1.29 is 13.2 Å². The number of sulfonamides is 1. The fourth-order valence-electron chi connectivity index (χ4n) is 2.60. The highest BCUT2D eigenvalue weighted by Crippen LogP contribution is 2.18. The van der Waals surface area contributed by atoms with Crippen molar-refractivity contribution in [3.8, 4) is 5.75 Å². The van der Waals surface area contributed by atoms with E-state index in [1.54, 1.807) is 19.2 Å². The van der Waals surface area contributed by atoms with Crippen molar-refractivity contribution in [3.05, 3.63) is 59.5 Å². The minimum Gasteiger partial charge on any atom is -0.493 e. The third kappa shape index (κ3) is 3.67. The molecule has 0 atom stereocenters. The summed E-state index contributed by atoms with van der Waals surface area (Å²) in [6.07, 6.45) is 4.25. The Hall–Kier alpha value is -2.38. The van der Waals surface area contributed by atoms with Crippen LogP contribution in [0.4, 0.5) is 0 Å². The molecule has 0 fully saturated rings. The Bertz CT molecular complexity index is 1010. The largest absolute Gasteiger partial charge is 0.493 e. The second kappa shape index (κ2) is 6.85. The van der Waals surface area contributed by atoms with Gasteiger partial charge in [0.15, 0.2) is 11.4 Å². The maximum absolute atomic E-state index is 12.4. The third-order valence-electron chi connectivity index (χ3n) is 4.18. The molecular weight excluding hydrogens is 338 g/mol. The van der Waals surface area contributed by atoms with E-state index in [0.717, 1.165) is 22.5 Å². The highest BCUT2D eigenvalue weighted by molar-refractivity contribution is 7.89. The monoisotopic (exact) mass is 359 g/mol. The van der Waals surface area contributed by atoms with Crippen LogP contribution in [0.5, 0.6) is 5.75 Å². The summed E-state index contributed by atoms with van der Waals surface area (Å²) in [5, 5.41) is 0. The summed E-state index contributed by atoms with van der Waals surface area (Å²) in [7, 11) is -1.92. The van der Waals surface area contributed by atoms with E-state index in [0.29, 0.717) is 12.2 Å². The number of hydrogen-bond acceptors (Lipinski definition) is 4. The molecule has 0 bridgehead atoms. The lowest BCUT2D eigenvalue weighted by Gasteiger charge is -2.08. The van der Waals surface area contributed by atoms with E-state index in [4.69, 9.17) is 4.74 Å². The van der Waals surface area contributed by atoms with Crippen LogP contribution in [0.25, 0.3) is 5.65 Å². The van der Waals surface area contributed by atoms with Crippen LogP contribution in [0.3, 0.4) is 0 Å². The highest BCUT2D eigenvalue weighted by atomic mass is 32.2. The molecule has 2 heterocycles. The molecule has 25 heavy (non-hydrogen) atoms. The first kappa shape index (κ1) is 17.4. The second-order valence-electron chi connectivity index (χ2n) is 5.93. The number of pyridine rings is 1. The zero-order valence-corrected chi connectivity index (χ0v) is 15.3. The van der Waals surface area contributed by atoms with E-state index >= 15 is 0 Å². The Kier molecular flexibility index (Phi) is 4.78. The molecular formula is C18H21N3O3S. The summed E-state index contributed by atoms with van der Waals surface area (Å²) in [5.41, 5.74) is 3.54. The quantitative estimate of drug-likeness (QED) is 0.734. The summed E-state index contributed by atoms with van der Waals surface area (Å²) in [6.45, 7) is 4.14. The van der Waals surface area contributed by atoms with Crippen molar-refractivity contribution >= 4 is 15.7 Å². The summed E-state index contributed by atoms with van der Waals surface area (Å²) in [6, 6.07) is 8.85. The number of aryl methyl sites for hydroxylation is 2. The van der Waals surface area contributed by atoms with Crippen molar-refractivity contribution in [2.75, 3.05) is 13.7 Å². The second-order valence-corrected chi connectivity index (χ2v) is 7.70. The Morgan fingerprint density at radius 2 is 2.00 bits per heavy atom. The SMILES string of the molecule is COc1cccn2cc(CCNS(=O)(=O)c3ccc(C)c(C)c3)nc12. The molecule has 3 aromatic rings. The fourth-order valence-corrected chi connectivity index (χ4v) is 3.71. The summed E-state index contributed by atoms with van der Waals surface area (Å²) in [5.74, 6) is 0.685. The van der Waals surface area contributed by atoms with E-state index < -0.39 is 10.0 Å². The zero-order chi connectivity index (χ0) is 18.0. The van der Waals surface area contributed by atoms with Gasteiger partial charge in [-0.25, -0.2) is 18.1 Å². The maximum atomic E-state index is 12.4.